The third kappa shape index (κ3) is 2.71. The number of carbonyl (C=O) groups is 1. The Hall–Kier alpha value is -2.08. The van der Waals surface area contributed by atoms with Crippen molar-refractivity contribution in [2.24, 2.45) is 0 Å². The van der Waals surface area contributed by atoms with Gasteiger partial charge in [0, 0.05) is 31.0 Å². The highest BCUT2D eigenvalue weighted by molar-refractivity contribution is 5.88. The first-order valence-corrected chi connectivity index (χ1v) is 7.15. The number of fused-ring (bicyclic) bond motifs is 1. The van der Waals surface area contributed by atoms with Gasteiger partial charge in [-0.1, -0.05) is 0 Å². The molecule has 1 aliphatic heterocycles. The number of aromatic carboxylic acids is 1. The predicted molar refractivity (Wildman–Crippen MR) is 76.1 cm³/mol. The highest BCUT2D eigenvalue weighted by Crippen LogP contribution is 2.28. The van der Waals surface area contributed by atoms with E-state index in [9.17, 15) is 9.90 Å². The van der Waals surface area contributed by atoms with Crippen LogP contribution in [-0.4, -0.2) is 40.3 Å². The summed E-state index contributed by atoms with van der Waals surface area (Å²) >= 11 is 0. The Labute approximate surface area is 122 Å². The van der Waals surface area contributed by atoms with Gasteiger partial charge in [-0.3, -0.25) is 0 Å². The van der Waals surface area contributed by atoms with E-state index in [2.05, 4.69) is 4.98 Å². The smallest absolute Gasteiger partial charge is 0.337 e. The topological polar surface area (TPSA) is 73.1 Å². The van der Waals surface area contributed by atoms with Gasteiger partial charge in [0.1, 0.15) is 0 Å². The Morgan fingerprint density at radius 2 is 2.43 bits per heavy atom. The van der Waals surface area contributed by atoms with E-state index in [4.69, 9.17) is 9.47 Å². The molecule has 0 aromatic carbocycles. The van der Waals surface area contributed by atoms with Gasteiger partial charge in [0.25, 0.3) is 0 Å². The van der Waals surface area contributed by atoms with E-state index >= 15 is 0 Å². The zero-order valence-electron chi connectivity index (χ0n) is 11.9. The maximum Gasteiger partial charge on any atom is 0.337 e. The highest BCUT2D eigenvalue weighted by atomic mass is 16.5. The molecule has 2 aromatic rings. The fraction of sp³-hybridized carbons (Fsp3) is 0.467. The summed E-state index contributed by atoms with van der Waals surface area (Å²) < 4.78 is 12.8. The second kappa shape index (κ2) is 5.73. The number of ether oxygens (including phenoxy) is 2. The van der Waals surface area contributed by atoms with Crippen molar-refractivity contribution >= 4 is 11.6 Å². The Morgan fingerprint density at radius 3 is 3.10 bits per heavy atom. The number of aromatic nitrogens is 2. The molecule has 21 heavy (non-hydrogen) atoms. The fourth-order valence-corrected chi connectivity index (χ4v) is 2.64. The van der Waals surface area contributed by atoms with Gasteiger partial charge in [-0.2, -0.15) is 0 Å². The Bertz CT molecular complexity index is 659. The van der Waals surface area contributed by atoms with Crippen LogP contribution in [0.2, 0.25) is 0 Å². The summed E-state index contributed by atoms with van der Waals surface area (Å²) in [7, 11) is 0. The van der Waals surface area contributed by atoms with Crippen LogP contribution >= 0.6 is 0 Å². The molecular weight excluding hydrogens is 272 g/mol. The summed E-state index contributed by atoms with van der Waals surface area (Å²) in [5, 5.41) is 9.18. The molecule has 1 atom stereocenters. The number of nitrogens with zero attached hydrogens (tertiary/aromatic N) is 2. The molecule has 6 heteroatoms. The molecule has 6 nitrogen and oxygen atoms in total. The van der Waals surface area contributed by atoms with Gasteiger partial charge < -0.3 is 19.0 Å². The van der Waals surface area contributed by atoms with Crippen LogP contribution in [0.1, 0.15) is 41.7 Å². The van der Waals surface area contributed by atoms with E-state index < -0.39 is 5.97 Å². The third-order valence-corrected chi connectivity index (χ3v) is 3.66. The van der Waals surface area contributed by atoms with E-state index in [-0.39, 0.29) is 11.5 Å². The van der Waals surface area contributed by atoms with Gasteiger partial charge >= 0.3 is 5.97 Å². The van der Waals surface area contributed by atoms with Crippen molar-refractivity contribution < 1.29 is 19.4 Å². The molecule has 2 aromatic heterocycles. The molecular formula is C15H18N2O4. The number of imidazole rings is 1. The highest BCUT2D eigenvalue weighted by Gasteiger charge is 2.21. The molecule has 0 aliphatic carbocycles. The molecule has 0 spiro atoms. The Morgan fingerprint density at radius 1 is 1.57 bits per heavy atom. The van der Waals surface area contributed by atoms with Crippen LogP contribution < -0.4 is 4.74 Å². The van der Waals surface area contributed by atoms with Crippen LogP contribution in [0, 0.1) is 0 Å². The maximum absolute atomic E-state index is 11.2. The quantitative estimate of drug-likeness (QED) is 0.935. The fourth-order valence-electron chi connectivity index (χ4n) is 2.64. The monoisotopic (exact) mass is 290 g/mol. The molecule has 3 rings (SSSR count). The number of rotatable bonds is 4. The summed E-state index contributed by atoms with van der Waals surface area (Å²) in [4.78, 5) is 15.8. The lowest BCUT2D eigenvalue weighted by atomic mass is 9.99. The lowest BCUT2D eigenvalue weighted by Crippen LogP contribution is -2.15. The lowest BCUT2D eigenvalue weighted by Gasteiger charge is -2.19. The SMILES string of the molecule is CCOc1cc(C(=O)O)cn2cc(C3CCCOC3)nc12. The van der Waals surface area contributed by atoms with Gasteiger partial charge in [0.2, 0.25) is 0 Å². The van der Waals surface area contributed by atoms with Gasteiger partial charge in [-0.05, 0) is 19.8 Å². The van der Waals surface area contributed by atoms with Crippen molar-refractivity contribution in [1.82, 2.24) is 9.38 Å². The number of pyridine rings is 1. The molecule has 0 radical (unpaired) electrons. The number of carboxylic acid groups (broad SMARTS) is 1. The molecule has 112 valence electrons. The van der Waals surface area contributed by atoms with Crippen molar-refractivity contribution in [2.45, 2.75) is 25.7 Å². The van der Waals surface area contributed by atoms with Gasteiger partial charge in [-0.15, -0.1) is 0 Å². The van der Waals surface area contributed by atoms with Crippen molar-refractivity contribution in [3.8, 4) is 5.75 Å². The average molecular weight is 290 g/mol. The molecule has 1 N–H and O–H groups in total. The standard InChI is InChI=1S/C15H18N2O4/c1-2-21-13-6-11(15(18)19)7-17-8-12(16-14(13)17)10-4-3-5-20-9-10/h6-8,10H,2-5,9H2,1H3,(H,18,19). The molecule has 1 fully saturated rings. The second-order valence-electron chi connectivity index (χ2n) is 5.14. The molecule has 1 saturated heterocycles. The molecule has 0 saturated carbocycles. The minimum Gasteiger partial charge on any atom is -0.490 e. The van der Waals surface area contributed by atoms with E-state index in [0.29, 0.717) is 24.6 Å². The summed E-state index contributed by atoms with van der Waals surface area (Å²) in [5.74, 6) is -0.212. The third-order valence-electron chi connectivity index (χ3n) is 3.66. The predicted octanol–water partition coefficient (Wildman–Crippen LogP) is 2.33. The van der Waals surface area contributed by atoms with Gasteiger partial charge in [-0.25, -0.2) is 9.78 Å². The summed E-state index contributed by atoms with van der Waals surface area (Å²) in [5.41, 5.74) is 1.77. The van der Waals surface area contributed by atoms with Crippen molar-refractivity contribution in [3.63, 3.8) is 0 Å². The van der Waals surface area contributed by atoms with E-state index in [1.807, 2.05) is 13.1 Å². The van der Waals surface area contributed by atoms with Crippen LogP contribution in [0.4, 0.5) is 0 Å². The summed E-state index contributed by atoms with van der Waals surface area (Å²) in [6.07, 6.45) is 5.51. The van der Waals surface area contributed by atoms with Crippen LogP contribution in [0.25, 0.3) is 5.65 Å². The van der Waals surface area contributed by atoms with Crippen LogP contribution in [0.15, 0.2) is 18.5 Å². The number of hydrogen-bond acceptors (Lipinski definition) is 4. The van der Waals surface area contributed by atoms with Crippen LogP contribution in [-0.2, 0) is 4.74 Å². The van der Waals surface area contributed by atoms with Crippen molar-refractivity contribution in [1.29, 1.82) is 0 Å². The van der Waals surface area contributed by atoms with E-state index in [1.165, 1.54) is 6.07 Å². The first kappa shape index (κ1) is 13.9. The first-order valence-electron chi connectivity index (χ1n) is 7.15. The van der Waals surface area contributed by atoms with Gasteiger partial charge in [0.15, 0.2) is 11.4 Å². The van der Waals surface area contributed by atoms with E-state index in [1.54, 1.807) is 10.6 Å². The van der Waals surface area contributed by atoms with Gasteiger partial charge in [0.05, 0.1) is 24.5 Å². The van der Waals surface area contributed by atoms with Crippen LogP contribution in [0.3, 0.4) is 0 Å². The van der Waals surface area contributed by atoms with E-state index in [0.717, 1.165) is 25.1 Å². The Kier molecular flexibility index (Phi) is 3.79. The summed E-state index contributed by atoms with van der Waals surface area (Å²) in [6.45, 7) is 3.80. The van der Waals surface area contributed by atoms with Crippen molar-refractivity contribution in [2.75, 3.05) is 19.8 Å². The second-order valence-corrected chi connectivity index (χ2v) is 5.14. The lowest BCUT2D eigenvalue weighted by molar-refractivity contribution is 0.0695. The number of carboxylic acids is 1. The van der Waals surface area contributed by atoms with Crippen LogP contribution in [0.5, 0.6) is 5.75 Å². The Balaban J connectivity index is 2.05. The molecule has 3 heterocycles. The maximum atomic E-state index is 11.2. The minimum absolute atomic E-state index is 0.190. The minimum atomic E-state index is -0.978. The first-order chi connectivity index (χ1) is 10.2. The summed E-state index contributed by atoms with van der Waals surface area (Å²) in [6, 6.07) is 1.52. The molecule has 1 unspecified atom stereocenters. The average Bonchev–Trinajstić information content (AvgIpc) is 2.92. The molecule has 1 aliphatic rings. The largest absolute Gasteiger partial charge is 0.490 e. The molecule has 0 amide bonds. The number of hydrogen-bond donors (Lipinski definition) is 1. The zero-order valence-corrected chi connectivity index (χ0v) is 11.9. The van der Waals surface area contributed by atoms with Crippen molar-refractivity contribution in [3.05, 3.63) is 29.7 Å². The molecule has 0 bridgehead atoms. The zero-order chi connectivity index (χ0) is 14.8. The normalized spacial score (nSPS) is 18.8.